The number of nitrogens with one attached hydrogen (secondary N) is 1. The van der Waals surface area contributed by atoms with Crippen LogP contribution in [0.25, 0.3) is 0 Å². The molecule has 0 spiro atoms. The van der Waals surface area contributed by atoms with E-state index in [2.05, 4.69) is 15.3 Å². The number of aromatic carboxylic acids is 1. The van der Waals surface area contributed by atoms with E-state index >= 15 is 0 Å². The van der Waals surface area contributed by atoms with Crippen LogP contribution in [-0.4, -0.2) is 21.8 Å². The Kier molecular flexibility index (Phi) is 6.38. The molecule has 1 aliphatic carbocycles. The fourth-order valence-corrected chi connectivity index (χ4v) is 2.21. The van der Waals surface area contributed by atoms with Crippen LogP contribution in [0.1, 0.15) is 42.6 Å². The van der Waals surface area contributed by atoms with E-state index in [9.17, 15) is 14.7 Å². The first-order chi connectivity index (χ1) is 9.08. The number of nitrogen functional groups attached to an aromatic ring is 1. The second kappa shape index (κ2) is 7.56. The Bertz CT molecular complexity index is 503. The van der Waals surface area contributed by atoms with E-state index in [4.69, 9.17) is 5.73 Å². The number of hydrogen-bond donors (Lipinski definition) is 2. The molecule has 2 rings (SSSR count). The van der Waals surface area contributed by atoms with Gasteiger partial charge in [0.25, 0.3) is 0 Å². The molecule has 0 saturated heterocycles. The first-order valence-electron chi connectivity index (χ1n) is 6.22. The molecule has 1 aromatic rings. The van der Waals surface area contributed by atoms with Crippen molar-refractivity contribution in [2.45, 2.75) is 32.1 Å². The number of hydrogen-bond acceptors (Lipinski definition) is 6. The zero-order valence-electron chi connectivity index (χ0n) is 11.4. The van der Waals surface area contributed by atoms with Gasteiger partial charge in [0.1, 0.15) is 5.69 Å². The molecule has 1 aliphatic rings. The molecule has 1 heterocycles. The molecule has 0 aromatic carbocycles. The van der Waals surface area contributed by atoms with E-state index < -0.39 is 11.7 Å². The summed E-state index contributed by atoms with van der Waals surface area (Å²) in [5.74, 6) is -1.72. The minimum atomic E-state index is -1.49. The zero-order chi connectivity index (χ0) is 13.8. The number of aromatic nitrogens is 2. The average Bonchev–Trinajstić information content (AvgIpc) is 2.39. The van der Waals surface area contributed by atoms with Crippen molar-refractivity contribution >= 4 is 23.5 Å². The molecule has 1 aromatic heterocycles. The maximum Gasteiger partial charge on any atom is 1.00 e. The van der Waals surface area contributed by atoms with Crippen LogP contribution in [-0.2, 0) is 4.79 Å². The standard InChI is InChI=1S/C12H16N4O3.Na/c13-10-9(12(18)19)14-6-8(15-10)16-11(17)7-4-2-1-3-5-7;/h6-7H,1-5H2,(H,18,19)(H3,13,15,16,17);/q;+1/p-1. The minimum absolute atomic E-state index is 0. The van der Waals surface area contributed by atoms with Gasteiger partial charge >= 0.3 is 29.6 Å². The van der Waals surface area contributed by atoms with Crippen LogP contribution in [0, 0.1) is 5.92 Å². The Balaban J connectivity index is 0.00000200. The number of nitrogens with zero attached hydrogens (tertiary/aromatic N) is 2. The number of rotatable bonds is 3. The summed E-state index contributed by atoms with van der Waals surface area (Å²) >= 11 is 0. The average molecular weight is 286 g/mol. The maximum atomic E-state index is 11.9. The molecule has 3 N–H and O–H groups in total. The molecule has 102 valence electrons. The third kappa shape index (κ3) is 4.16. The van der Waals surface area contributed by atoms with Crippen LogP contribution in [0.2, 0.25) is 0 Å². The normalized spacial score (nSPS) is 15.2. The summed E-state index contributed by atoms with van der Waals surface area (Å²) in [5.41, 5.74) is 5.01. The Morgan fingerprint density at radius 3 is 2.50 bits per heavy atom. The van der Waals surface area contributed by atoms with Gasteiger partial charge in [-0.05, 0) is 12.8 Å². The van der Waals surface area contributed by atoms with Crippen molar-refractivity contribution in [3.8, 4) is 0 Å². The van der Waals surface area contributed by atoms with Crippen LogP contribution in [0.15, 0.2) is 6.20 Å². The van der Waals surface area contributed by atoms with Crippen molar-refractivity contribution in [3.63, 3.8) is 0 Å². The van der Waals surface area contributed by atoms with Gasteiger partial charge in [-0.3, -0.25) is 4.79 Å². The Morgan fingerprint density at radius 2 is 1.95 bits per heavy atom. The number of amides is 1. The zero-order valence-corrected chi connectivity index (χ0v) is 13.4. The van der Waals surface area contributed by atoms with Crippen molar-refractivity contribution < 1.29 is 44.3 Å². The van der Waals surface area contributed by atoms with Crippen molar-refractivity contribution in [1.29, 1.82) is 0 Å². The number of carboxylic acid groups (broad SMARTS) is 1. The molecule has 0 bridgehead atoms. The summed E-state index contributed by atoms with van der Waals surface area (Å²) in [6.45, 7) is 0. The third-order valence-corrected chi connectivity index (χ3v) is 3.22. The Hall–Kier alpha value is -1.18. The summed E-state index contributed by atoms with van der Waals surface area (Å²) < 4.78 is 0. The summed E-state index contributed by atoms with van der Waals surface area (Å²) in [4.78, 5) is 30.0. The van der Waals surface area contributed by atoms with Gasteiger partial charge in [-0.25, -0.2) is 9.97 Å². The maximum absolute atomic E-state index is 11.9. The summed E-state index contributed by atoms with van der Waals surface area (Å²) in [6, 6.07) is 0. The Labute approximate surface area is 138 Å². The number of anilines is 2. The number of nitrogens with two attached hydrogens (primary N) is 1. The van der Waals surface area contributed by atoms with Gasteiger partial charge in [0.2, 0.25) is 5.91 Å². The molecule has 1 fully saturated rings. The summed E-state index contributed by atoms with van der Waals surface area (Å²) in [5, 5.41) is 13.2. The monoisotopic (exact) mass is 286 g/mol. The second-order valence-electron chi connectivity index (χ2n) is 4.60. The second-order valence-corrected chi connectivity index (χ2v) is 4.60. The van der Waals surface area contributed by atoms with Crippen LogP contribution >= 0.6 is 0 Å². The first kappa shape index (κ1) is 16.9. The van der Waals surface area contributed by atoms with E-state index in [-0.39, 0.29) is 53.0 Å². The summed E-state index contributed by atoms with van der Waals surface area (Å²) in [7, 11) is 0. The fourth-order valence-electron chi connectivity index (χ4n) is 2.21. The molecule has 7 nitrogen and oxygen atoms in total. The van der Waals surface area contributed by atoms with Crippen molar-refractivity contribution in [2.75, 3.05) is 11.1 Å². The van der Waals surface area contributed by atoms with Crippen LogP contribution in [0.5, 0.6) is 0 Å². The quantitative estimate of drug-likeness (QED) is 0.569. The third-order valence-electron chi connectivity index (χ3n) is 3.22. The smallest absolute Gasteiger partial charge is 0.543 e. The minimum Gasteiger partial charge on any atom is -0.543 e. The van der Waals surface area contributed by atoms with E-state index in [1.807, 2.05) is 0 Å². The van der Waals surface area contributed by atoms with Crippen molar-refractivity contribution in [3.05, 3.63) is 11.9 Å². The van der Waals surface area contributed by atoms with E-state index in [1.165, 1.54) is 6.20 Å². The topological polar surface area (TPSA) is 121 Å². The van der Waals surface area contributed by atoms with Gasteiger partial charge in [-0.1, -0.05) is 19.3 Å². The van der Waals surface area contributed by atoms with Gasteiger partial charge in [0.15, 0.2) is 11.6 Å². The van der Waals surface area contributed by atoms with Gasteiger partial charge < -0.3 is 21.0 Å². The SMILES string of the molecule is Nc1nc(NC(=O)C2CCCCC2)cnc1C(=O)[O-].[Na+]. The molecule has 0 aliphatic heterocycles. The molecule has 8 heteroatoms. The van der Waals surface area contributed by atoms with E-state index in [0.29, 0.717) is 0 Å². The van der Waals surface area contributed by atoms with E-state index in [0.717, 1.165) is 32.1 Å². The van der Waals surface area contributed by atoms with Crippen LogP contribution < -0.4 is 45.7 Å². The molecule has 0 unspecified atom stereocenters. The number of carbonyl (C=O) groups excluding carboxylic acids is 2. The molecule has 20 heavy (non-hydrogen) atoms. The van der Waals surface area contributed by atoms with Crippen molar-refractivity contribution in [1.82, 2.24) is 9.97 Å². The van der Waals surface area contributed by atoms with Gasteiger partial charge in [-0.2, -0.15) is 0 Å². The molecule has 0 atom stereocenters. The number of carbonyl (C=O) groups is 2. The predicted octanol–water partition coefficient (Wildman–Crippen LogP) is -3.05. The molecule has 1 saturated carbocycles. The van der Waals surface area contributed by atoms with E-state index in [1.54, 1.807) is 0 Å². The molecule has 1 amide bonds. The molecular formula is C12H15N4NaO3. The Morgan fingerprint density at radius 1 is 1.30 bits per heavy atom. The van der Waals surface area contributed by atoms with Crippen molar-refractivity contribution in [2.24, 2.45) is 5.92 Å². The van der Waals surface area contributed by atoms with Crippen LogP contribution in [0.3, 0.4) is 0 Å². The first-order valence-corrected chi connectivity index (χ1v) is 6.22. The van der Waals surface area contributed by atoms with Gasteiger partial charge in [0.05, 0.1) is 12.2 Å². The van der Waals surface area contributed by atoms with Gasteiger partial charge in [-0.15, -0.1) is 0 Å². The molecular weight excluding hydrogens is 271 g/mol. The predicted molar refractivity (Wildman–Crippen MR) is 66.0 cm³/mol. The van der Waals surface area contributed by atoms with Gasteiger partial charge in [0, 0.05) is 5.92 Å². The van der Waals surface area contributed by atoms with Crippen LogP contribution in [0.4, 0.5) is 11.6 Å². The number of carboxylic acids is 1. The summed E-state index contributed by atoms with van der Waals surface area (Å²) in [6.07, 6.45) is 6.17. The fraction of sp³-hybridized carbons (Fsp3) is 0.500. The largest absolute Gasteiger partial charge is 1.00 e. The molecule has 0 radical (unpaired) electrons.